The Morgan fingerprint density at radius 3 is 3.05 bits per heavy atom. The number of nitrogens with zero attached hydrogens (tertiary/aromatic N) is 4. The fourth-order valence-electron chi connectivity index (χ4n) is 1.93. The first-order chi connectivity index (χ1) is 9.74. The van der Waals surface area contributed by atoms with Gasteiger partial charge >= 0.3 is 5.69 Å². The maximum absolute atomic E-state index is 12.0. The fourth-order valence-corrected chi connectivity index (χ4v) is 2.12. The Morgan fingerprint density at radius 1 is 1.35 bits per heavy atom. The maximum Gasteiger partial charge on any atom is 0.350 e. The molecule has 2 aromatic heterocycles. The molecule has 20 heavy (non-hydrogen) atoms. The van der Waals surface area contributed by atoms with Crippen LogP contribution in [-0.4, -0.2) is 25.7 Å². The number of halogens is 1. The van der Waals surface area contributed by atoms with E-state index in [0.29, 0.717) is 23.8 Å². The molecule has 0 saturated carbocycles. The summed E-state index contributed by atoms with van der Waals surface area (Å²) in [4.78, 5) is 16.0. The fraction of sp³-hybridized carbons (Fsp3) is 0.154. The average Bonchev–Trinajstić information content (AvgIpc) is 2.76. The van der Waals surface area contributed by atoms with Crippen LogP contribution < -0.4 is 11.0 Å². The smallest absolute Gasteiger partial charge is 0.350 e. The first-order valence-corrected chi connectivity index (χ1v) is 6.50. The molecule has 0 unspecified atom stereocenters. The third-order valence-corrected chi connectivity index (χ3v) is 3.10. The van der Waals surface area contributed by atoms with Crippen LogP contribution in [0.3, 0.4) is 0 Å². The molecule has 2 heterocycles. The largest absolute Gasteiger partial charge is 0.383 e. The van der Waals surface area contributed by atoms with Crippen LogP contribution in [0.5, 0.6) is 0 Å². The number of aromatic nitrogens is 4. The van der Waals surface area contributed by atoms with E-state index in [0.717, 1.165) is 5.69 Å². The molecule has 1 N–H and O–H groups in total. The van der Waals surface area contributed by atoms with Crippen molar-refractivity contribution in [3.63, 3.8) is 0 Å². The summed E-state index contributed by atoms with van der Waals surface area (Å²) in [6.45, 7) is 1.05. The summed E-state index contributed by atoms with van der Waals surface area (Å²) in [6.07, 6.45) is 4.72. The number of benzene rings is 1. The lowest BCUT2D eigenvalue weighted by Crippen LogP contribution is -2.24. The van der Waals surface area contributed by atoms with Crippen molar-refractivity contribution in [1.29, 1.82) is 0 Å². The van der Waals surface area contributed by atoms with Gasteiger partial charge in [-0.2, -0.15) is 0 Å². The maximum atomic E-state index is 12.0. The van der Waals surface area contributed by atoms with Crippen molar-refractivity contribution in [1.82, 2.24) is 19.2 Å². The predicted octanol–water partition coefficient (Wildman–Crippen LogP) is 1.66. The molecular weight excluding hydrogens is 278 g/mol. The second kappa shape index (κ2) is 5.34. The van der Waals surface area contributed by atoms with E-state index in [9.17, 15) is 4.79 Å². The molecule has 102 valence electrons. The Morgan fingerprint density at radius 2 is 2.25 bits per heavy atom. The van der Waals surface area contributed by atoms with E-state index in [1.807, 2.05) is 24.3 Å². The molecule has 3 rings (SSSR count). The molecule has 0 spiro atoms. The normalized spacial score (nSPS) is 10.8. The molecule has 6 nitrogen and oxygen atoms in total. The second-order valence-electron chi connectivity index (χ2n) is 4.25. The van der Waals surface area contributed by atoms with Crippen LogP contribution in [0.15, 0.2) is 47.7 Å². The van der Waals surface area contributed by atoms with E-state index < -0.39 is 0 Å². The summed E-state index contributed by atoms with van der Waals surface area (Å²) in [6, 6.07) is 7.43. The van der Waals surface area contributed by atoms with Crippen LogP contribution in [0.2, 0.25) is 5.02 Å². The zero-order valence-electron chi connectivity index (χ0n) is 10.5. The van der Waals surface area contributed by atoms with Gasteiger partial charge in [-0.15, -0.1) is 5.10 Å². The predicted molar refractivity (Wildman–Crippen MR) is 77.2 cm³/mol. The lowest BCUT2D eigenvalue weighted by Gasteiger charge is -2.05. The minimum Gasteiger partial charge on any atom is -0.383 e. The van der Waals surface area contributed by atoms with Gasteiger partial charge in [0.15, 0.2) is 5.65 Å². The molecule has 0 radical (unpaired) electrons. The first kappa shape index (κ1) is 12.7. The van der Waals surface area contributed by atoms with Crippen LogP contribution in [0.25, 0.3) is 5.65 Å². The molecule has 3 aromatic rings. The Bertz CT molecular complexity index is 795. The van der Waals surface area contributed by atoms with E-state index in [1.54, 1.807) is 18.6 Å². The van der Waals surface area contributed by atoms with Crippen LogP contribution in [0.4, 0.5) is 5.69 Å². The van der Waals surface area contributed by atoms with Crippen molar-refractivity contribution in [3.05, 3.63) is 58.4 Å². The molecule has 1 aromatic carbocycles. The third kappa shape index (κ3) is 2.50. The van der Waals surface area contributed by atoms with E-state index in [-0.39, 0.29) is 5.69 Å². The Labute approximate surface area is 119 Å². The highest BCUT2D eigenvalue weighted by atomic mass is 35.5. The van der Waals surface area contributed by atoms with Crippen molar-refractivity contribution in [2.24, 2.45) is 0 Å². The molecule has 0 amide bonds. The SMILES string of the molecule is O=c1n(CCNc2cccc(Cl)c2)nc2cnccn12. The number of anilines is 1. The lowest BCUT2D eigenvalue weighted by atomic mass is 10.3. The van der Waals surface area contributed by atoms with Gasteiger partial charge in [0.1, 0.15) is 0 Å². The zero-order chi connectivity index (χ0) is 13.9. The van der Waals surface area contributed by atoms with Gasteiger partial charge in [-0.1, -0.05) is 17.7 Å². The number of hydrogen-bond donors (Lipinski definition) is 1. The number of rotatable bonds is 4. The van der Waals surface area contributed by atoms with Crippen molar-refractivity contribution >= 4 is 22.9 Å². The van der Waals surface area contributed by atoms with Gasteiger partial charge in [-0.25, -0.2) is 13.9 Å². The van der Waals surface area contributed by atoms with Gasteiger partial charge in [0.2, 0.25) is 0 Å². The highest BCUT2D eigenvalue weighted by molar-refractivity contribution is 6.30. The molecule has 0 bridgehead atoms. The lowest BCUT2D eigenvalue weighted by molar-refractivity contribution is 0.614. The standard InChI is InChI=1S/C13H12ClN5O/c14-10-2-1-3-11(8-10)16-5-7-19-13(20)18-6-4-15-9-12(18)17-19/h1-4,6,8-9,16H,5,7H2. The van der Waals surface area contributed by atoms with Crippen LogP contribution in [0, 0.1) is 0 Å². The molecule has 0 aliphatic rings. The van der Waals surface area contributed by atoms with Crippen molar-refractivity contribution in [2.45, 2.75) is 6.54 Å². The van der Waals surface area contributed by atoms with Gasteiger partial charge in [-0.05, 0) is 18.2 Å². The molecule has 0 fully saturated rings. The number of hydrogen-bond acceptors (Lipinski definition) is 4. The Kier molecular flexibility index (Phi) is 3.39. The minimum absolute atomic E-state index is 0.171. The summed E-state index contributed by atoms with van der Waals surface area (Å²) < 4.78 is 2.88. The molecule has 7 heteroatoms. The van der Waals surface area contributed by atoms with Crippen molar-refractivity contribution in [3.8, 4) is 0 Å². The summed E-state index contributed by atoms with van der Waals surface area (Å²) >= 11 is 5.90. The minimum atomic E-state index is -0.171. The molecular formula is C13H12ClN5O. The quantitative estimate of drug-likeness (QED) is 0.793. The number of fused-ring (bicyclic) bond motifs is 1. The van der Waals surface area contributed by atoms with Crippen molar-refractivity contribution < 1.29 is 0 Å². The third-order valence-electron chi connectivity index (χ3n) is 2.87. The van der Waals surface area contributed by atoms with Gasteiger partial charge in [-0.3, -0.25) is 4.98 Å². The second-order valence-corrected chi connectivity index (χ2v) is 4.68. The van der Waals surface area contributed by atoms with E-state index in [1.165, 1.54) is 9.08 Å². The van der Waals surface area contributed by atoms with Crippen LogP contribution in [-0.2, 0) is 6.54 Å². The van der Waals surface area contributed by atoms with Gasteiger partial charge < -0.3 is 5.32 Å². The van der Waals surface area contributed by atoms with Crippen LogP contribution in [0.1, 0.15) is 0 Å². The first-order valence-electron chi connectivity index (χ1n) is 6.13. The van der Waals surface area contributed by atoms with Crippen LogP contribution >= 0.6 is 11.6 Å². The Balaban J connectivity index is 1.71. The molecule has 0 saturated heterocycles. The van der Waals surface area contributed by atoms with Crippen molar-refractivity contribution in [2.75, 3.05) is 11.9 Å². The highest BCUT2D eigenvalue weighted by Crippen LogP contribution is 2.14. The molecule has 0 aliphatic carbocycles. The van der Waals surface area contributed by atoms with Gasteiger partial charge in [0.05, 0.1) is 12.7 Å². The van der Waals surface area contributed by atoms with E-state index >= 15 is 0 Å². The molecule has 0 atom stereocenters. The topological polar surface area (TPSA) is 64.2 Å². The number of nitrogens with one attached hydrogen (secondary N) is 1. The average molecular weight is 290 g/mol. The monoisotopic (exact) mass is 289 g/mol. The Hall–Kier alpha value is -2.34. The zero-order valence-corrected chi connectivity index (χ0v) is 11.3. The molecule has 0 aliphatic heterocycles. The summed E-state index contributed by atoms with van der Waals surface area (Å²) in [7, 11) is 0. The van der Waals surface area contributed by atoms with E-state index in [2.05, 4.69) is 15.4 Å². The highest BCUT2D eigenvalue weighted by Gasteiger charge is 2.05. The van der Waals surface area contributed by atoms with E-state index in [4.69, 9.17) is 11.6 Å². The van der Waals surface area contributed by atoms with Gasteiger partial charge in [0.25, 0.3) is 0 Å². The summed E-state index contributed by atoms with van der Waals surface area (Å²) in [5.41, 5.74) is 1.28. The summed E-state index contributed by atoms with van der Waals surface area (Å²) in [5, 5.41) is 8.07. The van der Waals surface area contributed by atoms with Gasteiger partial charge in [0, 0.05) is 29.6 Å². The summed E-state index contributed by atoms with van der Waals surface area (Å²) in [5.74, 6) is 0.